The van der Waals surface area contributed by atoms with Crippen molar-refractivity contribution in [3.63, 3.8) is 0 Å². The number of aliphatic carboxylic acids is 1. The van der Waals surface area contributed by atoms with Gasteiger partial charge in [-0.1, -0.05) is 12.8 Å². The molecule has 0 aromatic heterocycles. The molecule has 0 aromatic carbocycles. The van der Waals surface area contributed by atoms with Gasteiger partial charge in [0.15, 0.2) is 0 Å². The molecule has 0 saturated heterocycles. The Kier molecular flexibility index (Phi) is 5.85. The summed E-state index contributed by atoms with van der Waals surface area (Å²) >= 11 is 0. The number of carbonyl (C=O) groups is 2. The quantitative estimate of drug-likeness (QED) is 0.721. The third kappa shape index (κ3) is 4.59. The van der Waals surface area contributed by atoms with Crippen molar-refractivity contribution in [3.05, 3.63) is 0 Å². The van der Waals surface area contributed by atoms with Gasteiger partial charge in [0.05, 0.1) is 12.0 Å². The highest BCUT2D eigenvalue weighted by Crippen LogP contribution is 2.29. The third-order valence-electron chi connectivity index (χ3n) is 4.80. The SMILES string of the molecule is COC1CCC(NC(=O)NCC2CCCCC2C(=O)O)C1. The Labute approximate surface area is 125 Å². The van der Waals surface area contributed by atoms with Gasteiger partial charge in [-0.3, -0.25) is 4.79 Å². The minimum absolute atomic E-state index is 0.0531. The van der Waals surface area contributed by atoms with E-state index in [0.29, 0.717) is 6.54 Å². The average molecular weight is 298 g/mol. The number of carboxylic acid groups (broad SMARTS) is 1. The van der Waals surface area contributed by atoms with Gasteiger partial charge in [-0.05, 0) is 38.0 Å². The molecule has 0 aliphatic heterocycles. The lowest BCUT2D eigenvalue weighted by Gasteiger charge is -2.28. The Morgan fingerprint density at radius 3 is 2.62 bits per heavy atom. The monoisotopic (exact) mass is 298 g/mol. The fourth-order valence-corrected chi connectivity index (χ4v) is 3.52. The summed E-state index contributed by atoms with van der Waals surface area (Å²) in [6.45, 7) is 0.448. The Hall–Kier alpha value is -1.30. The van der Waals surface area contributed by atoms with Crippen LogP contribution in [0.4, 0.5) is 4.79 Å². The minimum Gasteiger partial charge on any atom is -0.481 e. The molecule has 2 saturated carbocycles. The van der Waals surface area contributed by atoms with Gasteiger partial charge in [0, 0.05) is 19.7 Å². The zero-order valence-electron chi connectivity index (χ0n) is 12.6. The van der Waals surface area contributed by atoms with Crippen LogP contribution in [0.25, 0.3) is 0 Å². The van der Waals surface area contributed by atoms with E-state index in [2.05, 4.69) is 10.6 Å². The van der Waals surface area contributed by atoms with Gasteiger partial charge < -0.3 is 20.5 Å². The number of hydrogen-bond acceptors (Lipinski definition) is 3. The van der Waals surface area contributed by atoms with E-state index in [4.69, 9.17) is 4.74 Å². The standard InChI is InChI=1S/C15H26N2O4/c1-21-12-7-6-11(8-12)17-15(20)16-9-10-4-2-3-5-13(10)14(18)19/h10-13H,2-9H2,1H3,(H,18,19)(H2,16,17,20). The molecule has 6 nitrogen and oxygen atoms in total. The van der Waals surface area contributed by atoms with Crippen LogP contribution in [-0.2, 0) is 9.53 Å². The second kappa shape index (κ2) is 7.64. The molecule has 120 valence electrons. The smallest absolute Gasteiger partial charge is 0.315 e. The number of rotatable bonds is 5. The molecule has 2 amide bonds. The summed E-state index contributed by atoms with van der Waals surface area (Å²) in [5, 5.41) is 15.0. The van der Waals surface area contributed by atoms with Crippen LogP contribution < -0.4 is 10.6 Å². The lowest BCUT2D eigenvalue weighted by molar-refractivity contribution is -0.144. The molecule has 4 unspecified atom stereocenters. The van der Waals surface area contributed by atoms with Crippen LogP contribution in [0.5, 0.6) is 0 Å². The number of urea groups is 1. The topological polar surface area (TPSA) is 87.7 Å². The molecule has 0 bridgehead atoms. The molecular weight excluding hydrogens is 272 g/mol. The van der Waals surface area contributed by atoms with E-state index >= 15 is 0 Å². The van der Waals surface area contributed by atoms with E-state index in [-0.39, 0.29) is 30.0 Å². The molecule has 2 fully saturated rings. The van der Waals surface area contributed by atoms with Crippen LogP contribution in [-0.4, -0.2) is 42.9 Å². The second-order valence-corrected chi connectivity index (χ2v) is 6.21. The Morgan fingerprint density at radius 1 is 1.19 bits per heavy atom. The van der Waals surface area contributed by atoms with Crippen molar-refractivity contribution in [2.24, 2.45) is 11.8 Å². The van der Waals surface area contributed by atoms with E-state index in [1.54, 1.807) is 7.11 Å². The highest BCUT2D eigenvalue weighted by Gasteiger charge is 2.31. The lowest BCUT2D eigenvalue weighted by Crippen LogP contribution is -2.44. The number of carbonyl (C=O) groups excluding carboxylic acids is 1. The summed E-state index contributed by atoms with van der Waals surface area (Å²) < 4.78 is 5.28. The van der Waals surface area contributed by atoms with Crippen molar-refractivity contribution in [2.75, 3.05) is 13.7 Å². The molecule has 2 aliphatic carbocycles. The molecule has 0 aromatic rings. The number of ether oxygens (including phenoxy) is 1. The summed E-state index contributed by atoms with van der Waals surface area (Å²) in [7, 11) is 1.70. The summed E-state index contributed by atoms with van der Waals surface area (Å²) in [5.41, 5.74) is 0. The first-order valence-electron chi connectivity index (χ1n) is 7.90. The molecule has 2 rings (SSSR count). The highest BCUT2D eigenvalue weighted by molar-refractivity contribution is 5.74. The van der Waals surface area contributed by atoms with Crippen LogP contribution in [0.1, 0.15) is 44.9 Å². The molecular formula is C15H26N2O4. The predicted octanol–water partition coefficient (Wildman–Crippen LogP) is 1.74. The lowest BCUT2D eigenvalue weighted by atomic mass is 9.79. The molecule has 0 spiro atoms. The number of carboxylic acids is 1. The molecule has 0 radical (unpaired) electrons. The first kappa shape index (κ1) is 16.1. The van der Waals surface area contributed by atoms with E-state index in [1.807, 2.05) is 0 Å². The first-order chi connectivity index (χ1) is 10.1. The summed E-state index contributed by atoms with van der Waals surface area (Å²) in [6.07, 6.45) is 6.64. The number of nitrogens with one attached hydrogen (secondary N) is 2. The Morgan fingerprint density at radius 2 is 1.95 bits per heavy atom. The van der Waals surface area contributed by atoms with E-state index < -0.39 is 5.97 Å². The van der Waals surface area contributed by atoms with Crippen molar-refractivity contribution in [1.29, 1.82) is 0 Å². The average Bonchev–Trinajstić information content (AvgIpc) is 2.93. The van der Waals surface area contributed by atoms with Crippen LogP contribution >= 0.6 is 0 Å². The maximum Gasteiger partial charge on any atom is 0.315 e. The molecule has 0 heterocycles. The number of methoxy groups -OCH3 is 1. The molecule has 2 aliphatic rings. The largest absolute Gasteiger partial charge is 0.481 e. The second-order valence-electron chi connectivity index (χ2n) is 6.21. The summed E-state index contributed by atoms with van der Waals surface area (Å²) in [4.78, 5) is 23.1. The summed E-state index contributed by atoms with van der Waals surface area (Å²) in [6, 6.07) is -0.0250. The fraction of sp³-hybridized carbons (Fsp3) is 0.867. The van der Waals surface area contributed by atoms with E-state index in [0.717, 1.165) is 44.9 Å². The van der Waals surface area contributed by atoms with Crippen LogP contribution in [0.15, 0.2) is 0 Å². The maximum atomic E-state index is 11.9. The van der Waals surface area contributed by atoms with Gasteiger partial charge in [-0.2, -0.15) is 0 Å². The van der Waals surface area contributed by atoms with Gasteiger partial charge in [-0.25, -0.2) is 4.79 Å². The maximum absolute atomic E-state index is 11.9. The molecule has 6 heteroatoms. The van der Waals surface area contributed by atoms with Crippen molar-refractivity contribution in [1.82, 2.24) is 10.6 Å². The minimum atomic E-state index is -0.736. The zero-order valence-corrected chi connectivity index (χ0v) is 12.6. The number of hydrogen-bond donors (Lipinski definition) is 3. The zero-order chi connectivity index (χ0) is 15.2. The van der Waals surface area contributed by atoms with Gasteiger partial charge in [0.25, 0.3) is 0 Å². The van der Waals surface area contributed by atoms with Crippen LogP contribution in [0.2, 0.25) is 0 Å². The first-order valence-corrected chi connectivity index (χ1v) is 7.90. The van der Waals surface area contributed by atoms with Crippen molar-refractivity contribution in [2.45, 2.75) is 57.1 Å². The van der Waals surface area contributed by atoms with Crippen LogP contribution in [0, 0.1) is 11.8 Å². The van der Waals surface area contributed by atoms with Crippen molar-refractivity contribution >= 4 is 12.0 Å². The summed E-state index contributed by atoms with van der Waals surface area (Å²) in [5.74, 6) is -0.999. The van der Waals surface area contributed by atoms with Gasteiger partial charge in [-0.15, -0.1) is 0 Å². The van der Waals surface area contributed by atoms with E-state index in [9.17, 15) is 14.7 Å². The third-order valence-corrected chi connectivity index (χ3v) is 4.80. The fourth-order valence-electron chi connectivity index (χ4n) is 3.52. The van der Waals surface area contributed by atoms with Gasteiger partial charge in [0.2, 0.25) is 0 Å². The van der Waals surface area contributed by atoms with Gasteiger partial charge >= 0.3 is 12.0 Å². The number of amides is 2. The van der Waals surface area contributed by atoms with E-state index in [1.165, 1.54) is 0 Å². The van der Waals surface area contributed by atoms with Crippen molar-refractivity contribution < 1.29 is 19.4 Å². The van der Waals surface area contributed by atoms with Crippen molar-refractivity contribution in [3.8, 4) is 0 Å². The van der Waals surface area contributed by atoms with Gasteiger partial charge in [0.1, 0.15) is 0 Å². The molecule has 4 atom stereocenters. The predicted molar refractivity (Wildman–Crippen MR) is 78.1 cm³/mol. The molecule has 21 heavy (non-hydrogen) atoms. The Balaban J connectivity index is 1.71. The molecule has 3 N–H and O–H groups in total. The highest BCUT2D eigenvalue weighted by atomic mass is 16.5. The Bertz CT molecular complexity index is 375. The van der Waals surface area contributed by atoms with Crippen LogP contribution in [0.3, 0.4) is 0 Å². The normalized spacial score (nSPS) is 32.6.